The van der Waals surface area contributed by atoms with Crippen LogP contribution in [-0.4, -0.2) is 31.8 Å². The van der Waals surface area contributed by atoms with Crippen molar-refractivity contribution in [3.8, 4) is 0 Å². The largest absolute Gasteiger partial charge is 0.449 e. The molecule has 2 aliphatic heterocycles. The van der Waals surface area contributed by atoms with Crippen LogP contribution in [0.5, 0.6) is 0 Å². The lowest BCUT2D eigenvalue weighted by Crippen LogP contribution is -2.56. The fourth-order valence-corrected chi connectivity index (χ4v) is 1.66. The number of rotatable bonds is 0. The Bertz CT molecular complexity index is 172. The molecule has 2 fully saturated rings. The van der Waals surface area contributed by atoms with Crippen LogP contribution in [0.2, 0.25) is 0 Å². The van der Waals surface area contributed by atoms with Gasteiger partial charge >= 0.3 is 6.09 Å². The molecule has 62 valence electrons. The lowest BCUT2D eigenvalue weighted by Gasteiger charge is -2.35. The zero-order valence-electron chi connectivity index (χ0n) is 6.30. The van der Waals surface area contributed by atoms with Gasteiger partial charge in [-0.1, -0.05) is 0 Å². The van der Waals surface area contributed by atoms with Gasteiger partial charge in [-0.05, 0) is 13.0 Å². The SMILES string of the molecule is O=C1N[C@@H]2CNCC[C@H]2CO1. The number of carbonyl (C=O) groups is 1. The topological polar surface area (TPSA) is 50.4 Å². The number of hydrogen-bond acceptors (Lipinski definition) is 3. The molecule has 0 aromatic carbocycles. The summed E-state index contributed by atoms with van der Waals surface area (Å²) in [4.78, 5) is 10.8. The Kier molecular flexibility index (Phi) is 1.69. The molecule has 4 nitrogen and oxygen atoms in total. The number of amides is 1. The summed E-state index contributed by atoms with van der Waals surface area (Å²) in [6.45, 7) is 2.53. The second-order valence-electron chi connectivity index (χ2n) is 3.10. The Hall–Kier alpha value is -0.770. The molecule has 2 rings (SSSR count). The van der Waals surface area contributed by atoms with Crippen molar-refractivity contribution in [3.05, 3.63) is 0 Å². The smallest absolute Gasteiger partial charge is 0.407 e. The number of alkyl carbamates (subject to hydrolysis) is 1. The lowest BCUT2D eigenvalue weighted by atomic mass is 9.93. The summed E-state index contributed by atoms with van der Waals surface area (Å²) in [5.41, 5.74) is 0. The molecule has 0 aromatic heterocycles. The Morgan fingerprint density at radius 1 is 1.55 bits per heavy atom. The van der Waals surface area contributed by atoms with E-state index in [1.165, 1.54) is 0 Å². The zero-order chi connectivity index (χ0) is 7.68. The van der Waals surface area contributed by atoms with Gasteiger partial charge in [0.2, 0.25) is 0 Å². The first kappa shape index (κ1) is 6.91. The van der Waals surface area contributed by atoms with Crippen molar-refractivity contribution in [1.29, 1.82) is 0 Å². The van der Waals surface area contributed by atoms with Gasteiger partial charge < -0.3 is 15.4 Å². The highest BCUT2D eigenvalue weighted by Gasteiger charge is 2.31. The monoisotopic (exact) mass is 156 g/mol. The highest BCUT2D eigenvalue weighted by Crippen LogP contribution is 2.16. The average Bonchev–Trinajstić information content (AvgIpc) is 2.04. The maximum atomic E-state index is 10.8. The van der Waals surface area contributed by atoms with Crippen LogP contribution in [0.1, 0.15) is 6.42 Å². The fraction of sp³-hybridized carbons (Fsp3) is 0.857. The quantitative estimate of drug-likeness (QED) is 0.506. The molecule has 11 heavy (non-hydrogen) atoms. The van der Waals surface area contributed by atoms with Crippen molar-refractivity contribution in [2.45, 2.75) is 12.5 Å². The first-order chi connectivity index (χ1) is 5.36. The van der Waals surface area contributed by atoms with E-state index < -0.39 is 0 Å². The van der Waals surface area contributed by atoms with Gasteiger partial charge in [0.15, 0.2) is 0 Å². The molecule has 0 unspecified atom stereocenters. The van der Waals surface area contributed by atoms with Crippen LogP contribution in [0.3, 0.4) is 0 Å². The van der Waals surface area contributed by atoms with Gasteiger partial charge in [0, 0.05) is 12.5 Å². The highest BCUT2D eigenvalue weighted by molar-refractivity contribution is 5.68. The van der Waals surface area contributed by atoms with Crippen LogP contribution in [0.4, 0.5) is 4.79 Å². The van der Waals surface area contributed by atoms with Gasteiger partial charge in [-0.2, -0.15) is 0 Å². The highest BCUT2D eigenvalue weighted by atomic mass is 16.6. The number of cyclic esters (lactones) is 1. The van der Waals surface area contributed by atoms with Gasteiger partial charge in [-0.15, -0.1) is 0 Å². The summed E-state index contributed by atoms with van der Waals surface area (Å²) in [5, 5.41) is 6.03. The van der Waals surface area contributed by atoms with Crippen molar-refractivity contribution >= 4 is 6.09 Å². The van der Waals surface area contributed by atoms with E-state index in [4.69, 9.17) is 4.74 Å². The number of ether oxygens (including phenoxy) is 1. The summed E-state index contributed by atoms with van der Waals surface area (Å²) in [6, 6.07) is 0.296. The van der Waals surface area contributed by atoms with E-state index in [1.807, 2.05) is 0 Å². The van der Waals surface area contributed by atoms with Crippen LogP contribution in [0, 0.1) is 5.92 Å². The van der Waals surface area contributed by atoms with E-state index in [9.17, 15) is 4.79 Å². The molecule has 0 aromatic rings. The number of nitrogens with one attached hydrogen (secondary N) is 2. The second kappa shape index (κ2) is 2.70. The molecule has 0 aliphatic carbocycles. The molecule has 0 bridgehead atoms. The third-order valence-electron chi connectivity index (χ3n) is 2.36. The van der Waals surface area contributed by atoms with Crippen LogP contribution < -0.4 is 10.6 Å². The maximum Gasteiger partial charge on any atom is 0.407 e. The van der Waals surface area contributed by atoms with E-state index in [-0.39, 0.29) is 6.09 Å². The second-order valence-corrected chi connectivity index (χ2v) is 3.10. The van der Waals surface area contributed by atoms with Crippen LogP contribution in [0.15, 0.2) is 0 Å². The molecule has 4 heteroatoms. The van der Waals surface area contributed by atoms with Crippen LogP contribution >= 0.6 is 0 Å². The van der Waals surface area contributed by atoms with E-state index >= 15 is 0 Å². The van der Waals surface area contributed by atoms with Crippen LogP contribution in [0.25, 0.3) is 0 Å². The summed E-state index contributed by atoms with van der Waals surface area (Å²) in [6.07, 6.45) is 0.834. The van der Waals surface area contributed by atoms with Gasteiger partial charge in [0.05, 0.1) is 12.6 Å². The normalized spacial score (nSPS) is 36.9. The molecule has 2 saturated heterocycles. The minimum atomic E-state index is -0.269. The number of carbonyl (C=O) groups excluding carboxylic acids is 1. The van der Waals surface area contributed by atoms with Crippen molar-refractivity contribution < 1.29 is 9.53 Å². The van der Waals surface area contributed by atoms with E-state index in [0.29, 0.717) is 18.6 Å². The minimum absolute atomic E-state index is 0.269. The minimum Gasteiger partial charge on any atom is -0.449 e. The molecule has 0 radical (unpaired) electrons. The summed E-state index contributed by atoms with van der Waals surface area (Å²) in [5.74, 6) is 0.522. The number of hydrogen-bond donors (Lipinski definition) is 2. The van der Waals surface area contributed by atoms with Gasteiger partial charge in [0.1, 0.15) is 0 Å². The molecule has 1 amide bonds. The molecule has 0 spiro atoms. The van der Waals surface area contributed by atoms with Crippen molar-refractivity contribution in [3.63, 3.8) is 0 Å². The average molecular weight is 156 g/mol. The third kappa shape index (κ3) is 1.30. The summed E-state index contributed by atoms with van der Waals surface area (Å²) in [7, 11) is 0. The standard InChI is InChI=1S/C7H12N2O2/c10-7-9-6-3-8-2-1-5(6)4-11-7/h5-6,8H,1-4H2,(H,9,10)/t5-,6+/m0/s1. The summed E-state index contributed by atoms with van der Waals surface area (Å²) >= 11 is 0. The Balaban J connectivity index is 1.98. The Labute approximate surface area is 65.3 Å². The predicted octanol–water partition coefficient (Wildman–Crippen LogP) is -0.296. The van der Waals surface area contributed by atoms with Gasteiger partial charge in [-0.25, -0.2) is 4.79 Å². The number of piperidine rings is 1. The van der Waals surface area contributed by atoms with E-state index in [1.54, 1.807) is 0 Å². The molecule has 0 saturated carbocycles. The molecule has 2 aliphatic rings. The van der Waals surface area contributed by atoms with Crippen molar-refractivity contribution in [2.24, 2.45) is 5.92 Å². The molecule has 2 atom stereocenters. The van der Waals surface area contributed by atoms with Crippen molar-refractivity contribution in [2.75, 3.05) is 19.7 Å². The summed E-state index contributed by atoms with van der Waals surface area (Å²) < 4.78 is 4.87. The van der Waals surface area contributed by atoms with Crippen molar-refractivity contribution in [1.82, 2.24) is 10.6 Å². The molecule has 2 heterocycles. The first-order valence-corrected chi connectivity index (χ1v) is 4.00. The van der Waals surface area contributed by atoms with E-state index in [2.05, 4.69) is 10.6 Å². The lowest BCUT2D eigenvalue weighted by molar-refractivity contribution is 0.0692. The Morgan fingerprint density at radius 2 is 2.45 bits per heavy atom. The third-order valence-corrected chi connectivity index (χ3v) is 2.36. The molecular formula is C7H12N2O2. The zero-order valence-corrected chi connectivity index (χ0v) is 6.30. The molecular weight excluding hydrogens is 144 g/mol. The van der Waals surface area contributed by atoms with E-state index in [0.717, 1.165) is 19.5 Å². The van der Waals surface area contributed by atoms with Gasteiger partial charge in [0.25, 0.3) is 0 Å². The van der Waals surface area contributed by atoms with Crippen LogP contribution in [-0.2, 0) is 4.74 Å². The number of fused-ring (bicyclic) bond motifs is 1. The first-order valence-electron chi connectivity index (χ1n) is 4.00. The fourth-order valence-electron chi connectivity index (χ4n) is 1.66. The Morgan fingerprint density at radius 3 is 3.36 bits per heavy atom. The maximum absolute atomic E-state index is 10.8. The molecule has 2 N–H and O–H groups in total. The van der Waals surface area contributed by atoms with Gasteiger partial charge in [-0.3, -0.25) is 0 Å². The predicted molar refractivity (Wildman–Crippen MR) is 39.2 cm³/mol.